The third-order valence-electron chi connectivity index (χ3n) is 8.38. The highest BCUT2D eigenvalue weighted by Crippen LogP contribution is 2.34. The number of rotatable bonds is 13. The summed E-state index contributed by atoms with van der Waals surface area (Å²) in [6.07, 6.45) is -2.98. The summed E-state index contributed by atoms with van der Waals surface area (Å²) in [5.41, 5.74) is -1.12. The molecule has 1 aromatic carbocycles. The molecule has 1 fully saturated rings. The zero-order valence-corrected chi connectivity index (χ0v) is 27.4. The Hall–Kier alpha value is -4.82. The van der Waals surface area contributed by atoms with Gasteiger partial charge in [0.25, 0.3) is 5.91 Å². The van der Waals surface area contributed by atoms with Crippen molar-refractivity contribution in [2.45, 2.75) is 64.7 Å². The number of ether oxygens (including phenoxy) is 2. The molecule has 3 atom stereocenters. The lowest BCUT2D eigenvalue weighted by molar-refractivity contribution is -0.138. The molecule has 3 amide bonds. The van der Waals surface area contributed by atoms with Crippen molar-refractivity contribution in [2.75, 3.05) is 20.3 Å². The van der Waals surface area contributed by atoms with Crippen LogP contribution in [0.15, 0.2) is 30.5 Å². The standard InChI is InChI=1S/C33H40F3N5O7/c1-17(2)12-24(40-31(45)25-14-20-22(38-25)9-6-10-27(20)47-5)30(44)39-23(13-19-8-7-11-37-29(19)43)26(42)16-48-32(46)28-18(3)41(4)15-21(28)33(34,35)36/h6,9-10,14-15,17,19,23-24,38H,7-8,11-13,16H2,1-5H3,(H,37,43)(H,39,44)(H,40,45)/t19-,23-,24-/m0/s1. The highest BCUT2D eigenvalue weighted by molar-refractivity contribution is 6.02. The lowest BCUT2D eigenvalue weighted by Gasteiger charge is -2.28. The lowest BCUT2D eigenvalue weighted by Crippen LogP contribution is -2.54. The average molecular weight is 676 g/mol. The van der Waals surface area contributed by atoms with E-state index in [0.717, 1.165) is 10.8 Å². The first-order chi connectivity index (χ1) is 22.6. The Balaban J connectivity index is 1.53. The monoisotopic (exact) mass is 675 g/mol. The number of aromatic nitrogens is 2. The highest BCUT2D eigenvalue weighted by Gasteiger charge is 2.39. The maximum atomic E-state index is 13.7. The van der Waals surface area contributed by atoms with Crippen LogP contribution in [0.1, 0.15) is 71.6 Å². The number of H-pyrrole nitrogens is 1. The minimum absolute atomic E-state index is 0.0100. The van der Waals surface area contributed by atoms with E-state index in [9.17, 15) is 37.1 Å². The van der Waals surface area contributed by atoms with Crippen molar-refractivity contribution in [1.82, 2.24) is 25.5 Å². The van der Waals surface area contributed by atoms with E-state index in [1.54, 1.807) is 24.3 Å². The summed E-state index contributed by atoms with van der Waals surface area (Å²) < 4.78 is 52.4. The van der Waals surface area contributed by atoms with Gasteiger partial charge in [-0.25, -0.2) is 4.79 Å². The Labute approximate surface area is 275 Å². The number of nitrogens with one attached hydrogen (secondary N) is 4. The maximum absolute atomic E-state index is 13.7. The van der Waals surface area contributed by atoms with Gasteiger partial charge in [0.1, 0.15) is 17.5 Å². The number of hydrogen-bond acceptors (Lipinski definition) is 7. The van der Waals surface area contributed by atoms with E-state index in [4.69, 9.17) is 9.47 Å². The minimum atomic E-state index is -4.84. The van der Waals surface area contributed by atoms with E-state index in [0.29, 0.717) is 36.0 Å². The van der Waals surface area contributed by atoms with Crippen LogP contribution in [0.4, 0.5) is 13.2 Å². The smallest absolute Gasteiger partial charge is 0.418 e. The van der Waals surface area contributed by atoms with Crippen molar-refractivity contribution in [3.05, 3.63) is 53.0 Å². The molecule has 0 spiro atoms. The summed E-state index contributed by atoms with van der Waals surface area (Å²) in [4.78, 5) is 68.8. The van der Waals surface area contributed by atoms with Crippen LogP contribution < -0.4 is 20.7 Å². The number of methoxy groups -OCH3 is 1. The molecule has 1 saturated heterocycles. The number of hydrogen-bond donors (Lipinski definition) is 4. The number of halogens is 3. The summed E-state index contributed by atoms with van der Waals surface area (Å²) in [5.74, 6) is -3.98. The average Bonchev–Trinajstić information content (AvgIpc) is 3.60. The molecule has 2 aromatic heterocycles. The SMILES string of the molecule is COc1cccc2[nH]c(C(=O)N[C@@H](CC(C)C)C(=O)N[C@@H](C[C@@H]3CCCNC3=O)C(=O)COC(=O)c3c(C(F)(F)F)cn(C)c3C)cc12. The fraction of sp³-hybridized carbons (Fsp3) is 0.485. The third kappa shape index (κ3) is 8.36. The van der Waals surface area contributed by atoms with Crippen LogP contribution in [0.25, 0.3) is 10.9 Å². The Morgan fingerprint density at radius 3 is 2.50 bits per heavy atom. The summed E-state index contributed by atoms with van der Waals surface area (Å²) in [5, 5.41) is 8.71. The fourth-order valence-electron chi connectivity index (χ4n) is 5.76. The summed E-state index contributed by atoms with van der Waals surface area (Å²) >= 11 is 0. The molecule has 0 saturated carbocycles. The number of alkyl halides is 3. The van der Waals surface area contributed by atoms with E-state index < -0.39 is 65.5 Å². The third-order valence-corrected chi connectivity index (χ3v) is 8.38. The quantitative estimate of drug-likeness (QED) is 0.201. The van der Waals surface area contributed by atoms with Crippen molar-refractivity contribution >= 4 is 40.4 Å². The summed E-state index contributed by atoms with van der Waals surface area (Å²) in [6.45, 7) is 4.50. The zero-order valence-electron chi connectivity index (χ0n) is 27.4. The van der Waals surface area contributed by atoms with Crippen LogP contribution in [-0.2, 0) is 32.3 Å². The van der Waals surface area contributed by atoms with E-state index >= 15 is 0 Å². The van der Waals surface area contributed by atoms with Crippen LogP contribution in [-0.4, -0.2) is 71.4 Å². The first-order valence-electron chi connectivity index (χ1n) is 15.6. The van der Waals surface area contributed by atoms with Gasteiger partial charge in [-0.3, -0.25) is 19.2 Å². The zero-order chi connectivity index (χ0) is 35.3. The Kier molecular flexibility index (Phi) is 11.2. The van der Waals surface area contributed by atoms with Crippen LogP contribution >= 0.6 is 0 Å². The van der Waals surface area contributed by atoms with Crippen molar-refractivity contribution in [3.8, 4) is 5.75 Å². The van der Waals surface area contributed by atoms with Gasteiger partial charge in [0, 0.05) is 42.3 Å². The molecule has 12 nitrogen and oxygen atoms in total. The second kappa shape index (κ2) is 14.9. The Bertz CT molecular complexity index is 1690. The van der Waals surface area contributed by atoms with Gasteiger partial charge < -0.3 is 35.0 Å². The van der Waals surface area contributed by atoms with Gasteiger partial charge in [0.15, 0.2) is 12.4 Å². The molecule has 4 N–H and O–H groups in total. The number of carbonyl (C=O) groups is 5. The number of esters is 1. The van der Waals surface area contributed by atoms with Gasteiger partial charge in [-0.05, 0) is 56.7 Å². The molecule has 3 aromatic rings. The van der Waals surface area contributed by atoms with Crippen molar-refractivity contribution in [3.63, 3.8) is 0 Å². The van der Waals surface area contributed by atoms with E-state index in [1.165, 1.54) is 21.1 Å². The molecular formula is C33H40F3N5O7. The molecule has 1 aliphatic heterocycles. The Morgan fingerprint density at radius 1 is 1.12 bits per heavy atom. The minimum Gasteiger partial charge on any atom is -0.496 e. The normalized spacial score (nSPS) is 16.3. The predicted octanol–water partition coefficient (Wildman–Crippen LogP) is 3.81. The predicted molar refractivity (Wildman–Crippen MR) is 168 cm³/mol. The second-order valence-electron chi connectivity index (χ2n) is 12.3. The van der Waals surface area contributed by atoms with Gasteiger partial charge >= 0.3 is 12.1 Å². The van der Waals surface area contributed by atoms with Crippen LogP contribution in [0.2, 0.25) is 0 Å². The number of carbonyl (C=O) groups excluding carboxylic acids is 5. The maximum Gasteiger partial charge on any atom is 0.418 e. The van der Waals surface area contributed by atoms with Crippen LogP contribution in [0.5, 0.6) is 5.75 Å². The van der Waals surface area contributed by atoms with Gasteiger partial charge in [0.2, 0.25) is 11.8 Å². The Morgan fingerprint density at radius 2 is 1.85 bits per heavy atom. The molecule has 48 heavy (non-hydrogen) atoms. The van der Waals surface area contributed by atoms with Crippen molar-refractivity contribution in [2.24, 2.45) is 18.9 Å². The molecule has 0 bridgehead atoms. The molecule has 1 aliphatic rings. The molecule has 0 unspecified atom stereocenters. The molecular weight excluding hydrogens is 635 g/mol. The van der Waals surface area contributed by atoms with Gasteiger partial charge in [-0.1, -0.05) is 19.9 Å². The summed E-state index contributed by atoms with van der Waals surface area (Å²) in [7, 11) is 2.84. The molecule has 15 heteroatoms. The number of amides is 3. The van der Waals surface area contributed by atoms with Crippen molar-refractivity contribution in [1.29, 1.82) is 0 Å². The molecule has 260 valence electrons. The topological polar surface area (TPSA) is 161 Å². The number of ketones is 1. The number of aryl methyl sites for hydroxylation is 1. The number of benzene rings is 1. The molecule has 0 aliphatic carbocycles. The van der Waals surface area contributed by atoms with E-state index in [2.05, 4.69) is 20.9 Å². The first kappa shape index (κ1) is 36.0. The number of nitrogens with zero attached hydrogens (tertiary/aromatic N) is 1. The number of fused-ring (bicyclic) bond motifs is 1. The van der Waals surface area contributed by atoms with Crippen LogP contribution in [0.3, 0.4) is 0 Å². The second-order valence-corrected chi connectivity index (χ2v) is 12.3. The van der Waals surface area contributed by atoms with Gasteiger partial charge in [0.05, 0.1) is 24.3 Å². The molecule has 4 rings (SSSR count). The van der Waals surface area contributed by atoms with Gasteiger partial charge in [-0.2, -0.15) is 13.2 Å². The van der Waals surface area contributed by atoms with Gasteiger partial charge in [-0.15, -0.1) is 0 Å². The van der Waals surface area contributed by atoms with E-state index in [1.807, 2.05) is 13.8 Å². The van der Waals surface area contributed by atoms with Crippen LogP contribution in [0, 0.1) is 18.8 Å². The number of aromatic amines is 1. The number of Topliss-reactive ketones (excluding diaryl/α,β-unsaturated/α-hetero) is 1. The molecule has 3 heterocycles. The van der Waals surface area contributed by atoms with Crippen molar-refractivity contribution < 1.29 is 46.6 Å². The van der Waals surface area contributed by atoms with E-state index in [-0.39, 0.29) is 36.1 Å². The summed E-state index contributed by atoms with van der Waals surface area (Å²) in [6, 6.07) is 4.40. The number of piperidine rings is 1. The highest BCUT2D eigenvalue weighted by atomic mass is 19.4. The lowest BCUT2D eigenvalue weighted by atomic mass is 9.90. The first-order valence-corrected chi connectivity index (χ1v) is 15.6. The molecule has 0 radical (unpaired) electrons. The largest absolute Gasteiger partial charge is 0.496 e. The fourth-order valence-corrected chi connectivity index (χ4v) is 5.76.